The van der Waals surface area contributed by atoms with Gasteiger partial charge in [0, 0.05) is 31.2 Å². The number of ether oxygens (including phenoxy) is 1. The van der Waals surface area contributed by atoms with Crippen LogP contribution in [0.25, 0.3) is 0 Å². The topological polar surface area (TPSA) is 130 Å². The van der Waals surface area contributed by atoms with Crippen LogP contribution in [0.2, 0.25) is 5.02 Å². The highest BCUT2D eigenvalue weighted by Crippen LogP contribution is 2.23. The Bertz CT molecular complexity index is 1190. The second kappa shape index (κ2) is 11.7. The minimum absolute atomic E-state index is 0.0273. The molecule has 1 fully saturated rings. The third-order valence-electron chi connectivity index (χ3n) is 5.99. The van der Waals surface area contributed by atoms with Crippen LogP contribution in [0.1, 0.15) is 72.6 Å². The summed E-state index contributed by atoms with van der Waals surface area (Å²) in [5.74, 6) is -1.81. The number of hydrogen-bond acceptors (Lipinski definition) is 5. The van der Waals surface area contributed by atoms with Gasteiger partial charge in [0.1, 0.15) is 23.0 Å². The summed E-state index contributed by atoms with van der Waals surface area (Å²) in [4.78, 5) is 51.4. The van der Waals surface area contributed by atoms with Crippen LogP contribution >= 0.6 is 11.6 Å². The Morgan fingerprint density at radius 3 is 2.38 bits per heavy atom. The standard InChI is InChI=1S/C26H33ClN4O6/c1-5-30-20(10-11-21(30)24(34)35)23(33)31-12-6-7-19(31)22(32)28-15-17-13-18(27)9-8-16(17)14-29-25(36)37-26(2,3)4/h8-11,13,19H,5-7,12,14-15H2,1-4H3,(H,28,32)(H,29,36)(H,34,35). The lowest BCUT2D eigenvalue weighted by molar-refractivity contribution is -0.125. The number of rotatable bonds is 8. The molecule has 0 aliphatic carbocycles. The Hall–Kier alpha value is -3.53. The summed E-state index contributed by atoms with van der Waals surface area (Å²) in [7, 11) is 0. The zero-order valence-electron chi connectivity index (χ0n) is 21.5. The summed E-state index contributed by atoms with van der Waals surface area (Å²) in [6, 6.07) is 7.39. The smallest absolute Gasteiger partial charge is 0.407 e. The first-order valence-electron chi connectivity index (χ1n) is 12.2. The number of aromatic carboxylic acids is 1. The molecule has 0 radical (unpaired) electrons. The van der Waals surface area contributed by atoms with E-state index >= 15 is 0 Å². The maximum absolute atomic E-state index is 13.3. The van der Waals surface area contributed by atoms with E-state index in [4.69, 9.17) is 16.3 Å². The van der Waals surface area contributed by atoms with Crippen LogP contribution in [0.5, 0.6) is 0 Å². The van der Waals surface area contributed by atoms with E-state index in [9.17, 15) is 24.3 Å². The van der Waals surface area contributed by atoms with E-state index in [-0.39, 0.29) is 36.3 Å². The number of amides is 3. The minimum Gasteiger partial charge on any atom is -0.477 e. The predicted molar refractivity (Wildman–Crippen MR) is 137 cm³/mol. The molecule has 11 heteroatoms. The zero-order chi connectivity index (χ0) is 27.3. The second-order valence-electron chi connectivity index (χ2n) is 9.80. The molecule has 1 aliphatic rings. The number of carbonyl (C=O) groups is 4. The van der Waals surface area contributed by atoms with Gasteiger partial charge in [0.2, 0.25) is 5.91 Å². The molecule has 1 aromatic carbocycles. The summed E-state index contributed by atoms with van der Waals surface area (Å²) < 4.78 is 6.71. The number of halogens is 1. The van der Waals surface area contributed by atoms with Crippen LogP contribution in [-0.4, -0.2) is 56.6 Å². The molecule has 1 aliphatic heterocycles. The van der Waals surface area contributed by atoms with E-state index in [1.165, 1.54) is 21.6 Å². The second-order valence-corrected chi connectivity index (χ2v) is 10.2. The molecule has 0 bridgehead atoms. The first-order valence-corrected chi connectivity index (χ1v) is 12.5. The van der Waals surface area contributed by atoms with Gasteiger partial charge in [-0.2, -0.15) is 0 Å². The van der Waals surface area contributed by atoms with Gasteiger partial charge < -0.3 is 29.9 Å². The van der Waals surface area contributed by atoms with Gasteiger partial charge in [-0.15, -0.1) is 0 Å². The van der Waals surface area contributed by atoms with E-state index in [0.717, 1.165) is 11.1 Å². The fraction of sp³-hybridized carbons (Fsp3) is 0.462. The summed E-state index contributed by atoms with van der Waals surface area (Å²) in [5.41, 5.74) is 1.12. The molecule has 2 heterocycles. The fourth-order valence-electron chi connectivity index (χ4n) is 4.32. The summed E-state index contributed by atoms with van der Waals surface area (Å²) >= 11 is 6.17. The molecule has 3 N–H and O–H groups in total. The first kappa shape index (κ1) is 28.0. The molecule has 1 aromatic heterocycles. The molecule has 0 spiro atoms. The van der Waals surface area contributed by atoms with Crippen LogP contribution in [0.15, 0.2) is 30.3 Å². The molecule has 0 saturated carbocycles. The molecule has 10 nitrogen and oxygen atoms in total. The van der Waals surface area contributed by atoms with Crippen molar-refractivity contribution in [2.24, 2.45) is 0 Å². The van der Waals surface area contributed by atoms with E-state index in [1.54, 1.807) is 45.9 Å². The SMILES string of the molecule is CCn1c(C(=O)O)ccc1C(=O)N1CCCC1C(=O)NCc1cc(Cl)ccc1CNC(=O)OC(C)(C)C. The number of hydrogen-bond donors (Lipinski definition) is 3. The van der Waals surface area contributed by atoms with Crippen LogP contribution in [0, 0.1) is 0 Å². The highest BCUT2D eigenvalue weighted by Gasteiger charge is 2.36. The van der Waals surface area contributed by atoms with Gasteiger partial charge in [0.15, 0.2) is 0 Å². The molecule has 1 atom stereocenters. The summed E-state index contributed by atoms with van der Waals surface area (Å²) in [5, 5.41) is 15.5. The van der Waals surface area contributed by atoms with Crippen molar-refractivity contribution < 1.29 is 29.0 Å². The van der Waals surface area contributed by atoms with E-state index < -0.39 is 23.7 Å². The largest absolute Gasteiger partial charge is 0.477 e. The number of alkyl carbamates (subject to hydrolysis) is 1. The maximum Gasteiger partial charge on any atom is 0.407 e. The number of benzene rings is 1. The van der Waals surface area contributed by atoms with E-state index in [2.05, 4.69) is 10.6 Å². The van der Waals surface area contributed by atoms with Crippen LogP contribution in [-0.2, 0) is 29.2 Å². The van der Waals surface area contributed by atoms with Crippen molar-refractivity contribution in [3.8, 4) is 0 Å². The Morgan fingerprint density at radius 1 is 1.05 bits per heavy atom. The average Bonchev–Trinajstić information content (AvgIpc) is 3.47. The Balaban J connectivity index is 1.68. The molecule has 2 aromatic rings. The number of carbonyl (C=O) groups excluding carboxylic acids is 3. The van der Waals surface area contributed by atoms with Crippen molar-refractivity contribution in [3.05, 3.63) is 57.9 Å². The van der Waals surface area contributed by atoms with Crippen molar-refractivity contribution in [2.45, 2.75) is 71.8 Å². The van der Waals surface area contributed by atoms with Crippen LogP contribution in [0.4, 0.5) is 4.79 Å². The molecule has 200 valence electrons. The highest BCUT2D eigenvalue weighted by atomic mass is 35.5. The van der Waals surface area contributed by atoms with E-state index in [1.807, 2.05) is 0 Å². The highest BCUT2D eigenvalue weighted by molar-refractivity contribution is 6.30. The van der Waals surface area contributed by atoms with Gasteiger partial charge in [-0.25, -0.2) is 9.59 Å². The first-order chi connectivity index (χ1) is 17.4. The molecule has 1 unspecified atom stereocenters. The lowest BCUT2D eigenvalue weighted by atomic mass is 10.1. The number of likely N-dealkylation sites (tertiary alicyclic amines) is 1. The third-order valence-corrected chi connectivity index (χ3v) is 6.23. The quantitative estimate of drug-likeness (QED) is 0.474. The number of nitrogens with one attached hydrogen (secondary N) is 2. The lowest BCUT2D eigenvalue weighted by Crippen LogP contribution is -2.46. The Labute approximate surface area is 220 Å². The molecule has 3 rings (SSSR count). The van der Waals surface area contributed by atoms with Crippen molar-refractivity contribution in [1.29, 1.82) is 0 Å². The summed E-state index contributed by atoms with van der Waals surface area (Å²) in [6.07, 6.45) is 0.601. The average molecular weight is 533 g/mol. The predicted octanol–water partition coefficient (Wildman–Crippen LogP) is 3.81. The number of carboxylic acid groups (broad SMARTS) is 1. The van der Waals surface area contributed by atoms with Gasteiger partial charge in [-0.05, 0) is 75.9 Å². The Morgan fingerprint density at radius 2 is 1.73 bits per heavy atom. The van der Waals surface area contributed by atoms with Crippen molar-refractivity contribution >= 4 is 35.5 Å². The molecular formula is C26H33ClN4O6. The van der Waals surface area contributed by atoms with Crippen LogP contribution < -0.4 is 10.6 Å². The van der Waals surface area contributed by atoms with Crippen molar-refractivity contribution in [1.82, 2.24) is 20.1 Å². The molecule has 37 heavy (non-hydrogen) atoms. The molecular weight excluding hydrogens is 500 g/mol. The minimum atomic E-state index is -1.12. The normalized spacial score (nSPS) is 15.4. The third kappa shape index (κ3) is 7.03. The molecule has 1 saturated heterocycles. The van der Waals surface area contributed by atoms with Gasteiger partial charge in [0.05, 0.1) is 0 Å². The fourth-order valence-corrected chi connectivity index (χ4v) is 4.52. The number of carboxylic acids is 1. The van der Waals surface area contributed by atoms with Gasteiger partial charge in [-0.3, -0.25) is 9.59 Å². The van der Waals surface area contributed by atoms with Gasteiger partial charge >= 0.3 is 12.1 Å². The van der Waals surface area contributed by atoms with Gasteiger partial charge in [-0.1, -0.05) is 17.7 Å². The van der Waals surface area contributed by atoms with Gasteiger partial charge in [0.25, 0.3) is 5.91 Å². The maximum atomic E-state index is 13.3. The Kier molecular flexibility index (Phi) is 8.85. The molecule has 3 amide bonds. The number of aromatic nitrogens is 1. The summed E-state index contributed by atoms with van der Waals surface area (Å²) in [6.45, 7) is 8.14. The van der Waals surface area contributed by atoms with E-state index in [0.29, 0.717) is 31.0 Å². The van der Waals surface area contributed by atoms with Crippen LogP contribution in [0.3, 0.4) is 0 Å². The van der Waals surface area contributed by atoms with Crippen molar-refractivity contribution in [2.75, 3.05) is 6.54 Å². The monoisotopic (exact) mass is 532 g/mol. The lowest BCUT2D eigenvalue weighted by Gasteiger charge is -2.25. The number of nitrogens with zero attached hydrogens (tertiary/aromatic N) is 2. The zero-order valence-corrected chi connectivity index (χ0v) is 22.2. The van der Waals surface area contributed by atoms with Crippen molar-refractivity contribution in [3.63, 3.8) is 0 Å².